The van der Waals surface area contributed by atoms with E-state index < -0.39 is 12.1 Å². The Labute approximate surface area is 693 Å². The van der Waals surface area contributed by atoms with E-state index in [2.05, 4.69) is 113 Å². The van der Waals surface area contributed by atoms with Crippen LogP contribution in [0.5, 0.6) is 0 Å². The Morgan fingerprint density at radius 2 is 0.733 bits per heavy atom. The average Bonchev–Trinajstić information content (AvgIpc) is 1.51. The molecule has 6 amide bonds. The Morgan fingerprint density at radius 3 is 1.04 bits per heavy atom. The maximum absolute atomic E-state index is 12.2. The minimum absolute atomic E-state index is 0.0116. The average molecular weight is 1620 g/mol. The molecule has 0 bridgehead atoms. The number of amides is 6. The van der Waals surface area contributed by atoms with Crippen LogP contribution in [-0.2, 0) is 49.3 Å². The van der Waals surface area contributed by atoms with Gasteiger partial charge in [-0.25, -0.2) is 33.6 Å². The van der Waals surface area contributed by atoms with Crippen molar-refractivity contribution in [2.75, 3.05) is 145 Å². The molecule has 8 fully saturated rings. The molecule has 12 unspecified atom stereocenters. The lowest BCUT2D eigenvalue weighted by molar-refractivity contribution is -0.146. The zero-order valence-corrected chi connectivity index (χ0v) is 72.7. The van der Waals surface area contributed by atoms with Gasteiger partial charge in [-0.05, 0) is 161 Å². The summed E-state index contributed by atoms with van der Waals surface area (Å²) in [6.45, 7) is 40.1. The van der Waals surface area contributed by atoms with Gasteiger partial charge in [0.2, 0.25) is 0 Å². The highest BCUT2D eigenvalue weighted by Crippen LogP contribution is 2.36. The highest BCUT2D eigenvalue weighted by Gasteiger charge is 2.41. The molecule has 1 aliphatic carbocycles. The van der Waals surface area contributed by atoms with Gasteiger partial charge in [0, 0.05) is 97.9 Å². The molecule has 116 heavy (non-hydrogen) atoms. The minimum atomic E-state index is -0.548. The summed E-state index contributed by atoms with van der Waals surface area (Å²) in [6.07, 6.45) is 8.64. The summed E-state index contributed by atoms with van der Waals surface area (Å²) in [4.78, 5) is 95.4. The molecule has 1 aromatic rings. The van der Waals surface area contributed by atoms with Crippen LogP contribution in [0.1, 0.15) is 180 Å². The quantitative estimate of drug-likeness (QED) is 0.0664. The van der Waals surface area contributed by atoms with Crippen molar-refractivity contribution >= 4 is 42.5 Å². The summed E-state index contributed by atoms with van der Waals surface area (Å²) in [5.41, 5.74) is 0.984. The molecule has 0 spiro atoms. The Morgan fingerprint density at radius 1 is 0.414 bits per heavy atom. The molecule has 7 aliphatic heterocycles. The van der Waals surface area contributed by atoms with Gasteiger partial charge in [-0.2, -0.15) is 31.6 Å². The first kappa shape index (κ1) is 99.5. The Bertz CT molecular complexity index is 3380. The number of esters is 1. The number of nitrogens with zero attached hydrogens (tertiary/aromatic N) is 13. The van der Waals surface area contributed by atoms with Crippen molar-refractivity contribution in [2.45, 2.75) is 187 Å². The maximum Gasteiger partial charge on any atom is 0.410 e. The van der Waals surface area contributed by atoms with Crippen LogP contribution in [-0.4, -0.2) is 228 Å². The lowest BCUT2D eigenvalue weighted by Crippen LogP contribution is -2.46. The molecule has 28 nitrogen and oxygen atoms in total. The number of likely N-dealkylation sites (tertiary alicyclic amines) is 6. The SMILES string of the molecule is CC(C)C1CN(C(=O)OC2CCOCC2)CCC1C#N.CC(C)C1CN(C(=O)OCC2CC2)CCC1C#N.CC(C)C1CN(C(=O)OCCN(C)C)CCC1C#N.CC(C)C1CN(C(=O)OCc2ccccc2)CCC1C#N.CCCCOC(=O)N1CCC(C#N)C(C(C)C)C1.CCOC(=O)COC(=O)N1CCC(C#N)C(C(C)C)C1. The predicted octanol–water partition coefficient (Wildman–Crippen LogP) is 15.2. The fraction of sp³-hybridized carbons (Fsp3) is 0.784. The topological polar surface area (TPSA) is 359 Å². The number of likely N-dealkylation sites (N-methyl/N-ethyl adjacent to an activating group) is 1. The first-order valence-electron chi connectivity index (χ1n) is 42.7. The van der Waals surface area contributed by atoms with E-state index in [1.807, 2.05) is 63.2 Å². The van der Waals surface area contributed by atoms with Gasteiger partial charge in [-0.15, -0.1) is 0 Å². The van der Waals surface area contributed by atoms with Crippen molar-refractivity contribution in [3.63, 3.8) is 0 Å². The number of carbonyl (C=O) groups excluding carboxylic acids is 7. The summed E-state index contributed by atoms with van der Waals surface area (Å²) in [6, 6.07) is 23.8. The van der Waals surface area contributed by atoms with Crippen molar-refractivity contribution in [3.8, 4) is 36.4 Å². The lowest BCUT2D eigenvalue weighted by Gasteiger charge is -2.38. The van der Waals surface area contributed by atoms with Crippen molar-refractivity contribution in [3.05, 3.63) is 35.9 Å². The molecule has 7 saturated heterocycles. The molecule has 28 heteroatoms. The summed E-state index contributed by atoms with van der Waals surface area (Å²) in [5, 5.41) is 54.9. The first-order valence-corrected chi connectivity index (χ1v) is 42.7. The number of benzene rings is 1. The van der Waals surface area contributed by atoms with Gasteiger partial charge in [-0.1, -0.05) is 127 Å². The third-order valence-corrected chi connectivity index (χ3v) is 23.5. The first-order chi connectivity index (χ1) is 55.4. The molecule has 12 atom stereocenters. The van der Waals surface area contributed by atoms with Crippen LogP contribution in [0.2, 0.25) is 0 Å². The van der Waals surface area contributed by atoms with E-state index in [4.69, 9.17) is 58.9 Å². The van der Waals surface area contributed by atoms with Crippen molar-refractivity contribution in [1.82, 2.24) is 34.3 Å². The summed E-state index contributed by atoms with van der Waals surface area (Å²) in [5.74, 6) is 4.12. The van der Waals surface area contributed by atoms with Crippen LogP contribution in [0.15, 0.2) is 30.3 Å². The van der Waals surface area contributed by atoms with E-state index in [1.165, 1.54) is 12.8 Å². The monoisotopic (exact) mass is 1620 g/mol. The highest BCUT2D eigenvalue weighted by molar-refractivity contribution is 5.76. The standard InChI is InChI=1S/C17H22N2O2.C15H24N2O3.C14H25N3O2.C14H22N2O4.C14H22N2O2.C14H24N2O2/c1-13(2)16-11-19(9-8-15(16)10-18)17(20)21-12-14-6-4-3-5-7-14;1-11(2)14-10-17(6-3-12(14)9-16)15(18)20-13-4-7-19-8-5-13;1-11(2)13-10-17(6-5-12(13)9-15)14(18)19-8-7-16(3)4;1-4-19-13(17)9-20-14(18)16-6-5-11(7-15)12(8-16)10(2)3;1-10(2)13-8-16(6-5-12(13)7-15)14(17)18-9-11-3-4-11;1-4-5-8-18-14(17)16-7-6-12(9-15)13(10-16)11(2)3/h3-7,13,15-16H,8-9,11-12H2,1-2H3;11-14H,3-8,10H2,1-2H3;11-13H,5-8,10H2,1-4H3;10-12H,4-6,8-9H2,1-3H3;10-13H,3-6,8-9H2,1-2H3;11-13H,4-8,10H2,1-3H3. The second-order valence-electron chi connectivity index (χ2n) is 34.3. The summed E-state index contributed by atoms with van der Waals surface area (Å²) >= 11 is 0. The molecule has 1 saturated carbocycles. The predicted molar refractivity (Wildman–Crippen MR) is 437 cm³/mol. The fourth-order valence-corrected chi connectivity index (χ4v) is 15.5. The molecule has 7 heterocycles. The van der Waals surface area contributed by atoms with Gasteiger partial charge in [0.25, 0.3) is 0 Å². The summed E-state index contributed by atoms with van der Waals surface area (Å²) < 4.78 is 41.6. The van der Waals surface area contributed by atoms with Crippen molar-refractivity contribution < 1.29 is 71.5 Å². The molecular formula is C88H139N13O15. The van der Waals surface area contributed by atoms with Gasteiger partial charge in [0.05, 0.1) is 105 Å². The Balaban J connectivity index is 0.000000293. The van der Waals surface area contributed by atoms with Crippen LogP contribution in [0.4, 0.5) is 28.8 Å². The zero-order valence-electron chi connectivity index (χ0n) is 72.7. The van der Waals surface area contributed by atoms with Crippen LogP contribution in [0, 0.1) is 180 Å². The summed E-state index contributed by atoms with van der Waals surface area (Å²) in [7, 11) is 3.89. The van der Waals surface area contributed by atoms with Crippen LogP contribution in [0.25, 0.3) is 0 Å². The Hall–Kier alpha value is -8.83. The minimum Gasteiger partial charge on any atom is -0.463 e. The van der Waals surface area contributed by atoms with Gasteiger partial charge in [-0.3, -0.25) is 0 Å². The molecule has 8 aliphatic rings. The largest absolute Gasteiger partial charge is 0.463 e. The van der Waals surface area contributed by atoms with E-state index in [-0.39, 0.29) is 121 Å². The van der Waals surface area contributed by atoms with Crippen LogP contribution >= 0.6 is 0 Å². The molecule has 646 valence electrons. The van der Waals surface area contributed by atoms with Gasteiger partial charge < -0.3 is 72.2 Å². The highest BCUT2D eigenvalue weighted by atomic mass is 16.6. The molecule has 9 rings (SSSR count). The van der Waals surface area contributed by atoms with E-state index in [9.17, 15) is 44.1 Å². The van der Waals surface area contributed by atoms with Gasteiger partial charge >= 0.3 is 42.5 Å². The van der Waals surface area contributed by atoms with Crippen LogP contribution < -0.4 is 0 Å². The third kappa shape index (κ3) is 34.8. The smallest absolute Gasteiger partial charge is 0.410 e. The lowest BCUT2D eigenvalue weighted by atomic mass is 9.79. The van der Waals surface area contributed by atoms with Crippen molar-refractivity contribution in [2.24, 2.45) is 112 Å². The maximum atomic E-state index is 12.2. The number of hydrogen-bond acceptors (Lipinski definition) is 22. The number of carbonyl (C=O) groups is 7. The molecule has 0 aromatic heterocycles. The zero-order chi connectivity index (χ0) is 86.0. The van der Waals surface area contributed by atoms with Crippen molar-refractivity contribution in [1.29, 1.82) is 31.6 Å². The molecule has 0 radical (unpaired) electrons. The normalized spacial score (nSPS) is 24.6. The van der Waals surface area contributed by atoms with Gasteiger partial charge in [0.15, 0.2) is 6.61 Å². The number of hydrogen-bond donors (Lipinski definition) is 0. The molecule has 1 aromatic carbocycles. The second kappa shape index (κ2) is 53.5. The van der Waals surface area contributed by atoms with Crippen LogP contribution in [0.3, 0.4) is 0 Å². The molecular weight excluding hydrogens is 1480 g/mol. The van der Waals surface area contributed by atoms with E-state index >= 15 is 0 Å². The Kier molecular flexibility index (Phi) is 45.9. The van der Waals surface area contributed by atoms with E-state index in [1.54, 1.807) is 36.3 Å². The van der Waals surface area contributed by atoms with Gasteiger partial charge in [0.1, 0.15) is 19.3 Å². The number of rotatable bonds is 20. The van der Waals surface area contributed by atoms with E-state index in [0.717, 1.165) is 69.9 Å². The number of piperidine rings is 6. The fourth-order valence-electron chi connectivity index (χ4n) is 15.5. The number of unbranched alkanes of at least 4 members (excludes halogenated alkanes) is 1. The number of ether oxygens (including phenoxy) is 8. The third-order valence-electron chi connectivity index (χ3n) is 23.5. The van der Waals surface area contributed by atoms with E-state index in [0.29, 0.717) is 166 Å². The number of nitriles is 6. The second-order valence-corrected chi connectivity index (χ2v) is 34.3. The molecule has 0 N–H and O–H groups in total.